The van der Waals surface area contributed by atoms with Crippen LogP contribution in [0.15, 0.2) is 0 Å². The molecule has 2 aliphatic rings. The maximum atomic E-state index is 12.1. The topological polar surface area (TPSA) is 61.6 Å². The van der Waals surface area contributed by atoms with Crippen LogP contribution in [0.3, 0.4) is 0 Å². The SMILES string of the molecule is CC(CN)N1CCN(CC(=O)NC2CCCCC2)CC1. The van der Waals surface area contributed by atoms with Gasteiger partial charge in [0.1, 0.15) is 0 Å². The van der Waals surface area contributed by atoms with Gasteiger partial charge in [-0.25, -0.2) is 0 Å². The maximum Gasteiger partial charge on any atom is 0.234 e. The highest BCUT2D eigenvalue weighted by Gasteiger charge is 2.22. The molecular formula is C15H30N4O. The highest BCUT2D eigenvalue weighted by atomic mass is 16.2. The zero-order chi connectivity index (χ0) is 14.4. The first-order valence-electron chi connectivity index (χ1n) is 8.15. The zero-order valence-electron chi connectivity index (χ0n) is 12.8. The largest absolute Gasteiger partial charge is 0.352 e. The minimum Gasteiger partial charge on any atom is -0.352 e. The van der Waals surface area contributed by atoms with E-state index >= 15 is 0 Å². The molecule has 1 heterocycles. The smallest absolute Gasteiger partial charge is 0.234 e. The van der Waals surface area contributed by atoms with Gasteiger partial charge in [0.2, 0.25) is 5.91 Å². The number of nitrogens with one attached hydrogen (secondary N) is 1. The van der Waals surface area contributed by atoms with Gasteiger partial charge in [-0.3, -0.25) is 14.6 Å². The van der Waals surface area contributed by atoms with Crippen molar-refractivity contribution in [1.29, 1.82) is 0 Å². The first-order valence-corrected chi connectivity index (χ1v) is 8.15. The van der Waals surface area contributed by atoms with E-state index in [-0.39, 0.29) is 5.91 Å². The summed E-state index contributed by atoms with van der Waals surface area (Å²) in [5.74, 6) is 0.206. The number of hydrogen-bond acceptors (Lipinski definition) is 4. The number of carbonyl (C=O) groups excluding carboxylic acids is 1. The molecule has 0 aromatic rings. The summed E-state index contributed by atoms with van der Waals surface area (Å²) >= 11 is 0. The molecule has 3 N–H and O–H groups in total. The molecule has 1 saturated heterocycles. The Hall–Kier alpha value is -0.650. The monoisotopic (exact) mass is 282 g/mol. The van der Waals surface area contributed by atoms with Crippen molar-refractivity contribution in [1.82, 2.24) is 15.1 Å². The molecule has 1 amide bonds. The van der Waals surface area contributed by atoms with Gasteiger partial charge in [-0.15, -0.1) is 0 Å². The fourth-order valence-corrected chi connectivity index (χ4v) is 3.23. The van der Waals surface area contributed by atoms with E-state index in [1.807, 2.05) is 0 Å². The normalized spacial score (nSPS) is 24.5. The Labute approximate surface area is 122 Å². The highest BCUT2D eigenvalue weighted by molar-refractivity contribution is 5.78. The van der Waals surface area contributed by atoms with Crippen molar-refractivity contribution >= 4 is 5.91 Å². The second-order valence-electron chi connectivity index (χ2n) is 6.30. The second kappa shape index (κ2) is 7.96. The van der Waals surface area contributed by atoms with E-state index in [1.54, 1.807) is 0 Å². The van der Waals surface area contributed by atoms with Gasteiger partial charge in [0.05, 0.1) is 6.54 Å². The molecule has 1 aliphatic carbocycles. The molecule has 20 heavy (non-hydrogen) atoms. The van der Waals surface area contributed by atoms with Crippen LogP contribution in [0.4, 0.5) is 0 Å². The molecule has 0 aromatic carbocycles. The van der Waals surface area contributed by atoms with E-state index in [0.717, 1.165) is 39.0 Å². The summed E-state index contributed by atoms with van der Waals surface area (Å²) in [4.78, 5) is 16.7. The molecule has 0 radical (unpaired) electrons. The molecule has 2 rings (SSSR count). The standard InChI is InChI=1S/C15H30N4O/c1-13(11-16)19-9-7-18(8-10-19)12-15(20)17-14-5-3-2-4-6-14/h13-14H,2-12,16H2,1H3,(H,17,20). The average Bonchev–Trinajstić information content (AvgIpc) is 2.48. The fraction of sp³-hybridized carbons (Fsp3) is 0.933. The third-order valence-corrected chi connectivity index (χ3v) is 4.71. The molecule has 1 unspecified atom stereocenters. The van der Waals surface area contributed by atoms with Gasteiger partial charge in [-0.1, -0.05) is 19.3 Å². The lowest BCUT2D eigenvalue weighted by Crippen LogP contribution is -2.53. The van der Waals surface area contributed by atoms with Crippen LogP contribution in [0.25, 0.3) is 0 Å². The number of amides is 1. The Morgan fingerprint density at radius 3 is 2.45 bits per heavy atom. The number of carbonyl (C=O) groups is 1. The highest BCUT2D eigenvalue weighted by Crippen LogP contribution is 2.17. The van der Waals surface area contributed by atoms with Gasteiger partial charge >= 0.3 is 0 Å². The average molecular weight is 282 g/mol. The molecule has 5 nitrogen and oxygen atoms in total. The van der Waals surface area contributed by atoms with Gasteiger partial charge in [0.15, 0.2) is 0 Å². The van der Waals surface area contributed by atoms with Crippen molar-refractivity contribution in [3.63, 3.8) is 0 Å². The Bertz CT molecular complexity index is 296. The van der Waals surface area contributed by atoms with Crippen LogP contribution < -0.4 is 11.1 Å². The third kappa shape index (κ3) is 4.72. The number of rotatable bonds is 5. The van der Waals surface area contributed by atoms with E-state index in [9.17, 15) is 4.79 Å². The number of hydrogen-bond donors (Lipinski definition) is 2. The lowest BCUT2D eigenvalue weighted by molar-refractivity contribution is -0.123. The number of piperazine rings is 1. The molecule has 0 aromatic heterocycles. The lowest BCUT2D eigenvalue weighted by atomic mass is 9.95. The van der Waals surface area contributed by atoms with Crippen LogP contribution in [0, 0.1) is 0 Å². The summed E-state index contributed by atoms with van der Waals surface area (Å²) in [5, 5.41) is 3.20. The molecule has 5 heteroatoms. The Balaban J connectivity index is 1.65. The number of nitrogens with two attached hydrogens (primary N) is 1. The van der Waals surface area contributed by atoms with Gasteiger partial charge < -0.3 is 11.1 Å². The number of nitrogens with zero attached hydrogens (tertiary/aromatic N) is 2. The van der Waals surface area contributed by atoms with Crippen LogP contribution in [0.5, 0.6) is 0 Å². The van der Waals surface area contributed by atoms with E-state index < -0.39 is 0 Å². The van der Waals surface area contributed by atoms with Crippen LogP contribution in [0.1, 0.15) is 39.0 Å². The van der Waals surface area contributed by atoms with Gasteiger partial charge in [0, 0.05) is 44.8 Å². The van der Waals surface area contributed by atoms with Gasteiger partial charge in [-0.05, 0) is 19.8 Å². The van der Waals surface area contributed by atoms with Gasteiger partial charge in [-0.2, -0.15) is 0 Å². The van der Waals surface area contributed by atoms with E-state index in [1.165, 1.54) is 19.3 Å². The predicted octanol–water partition coefficient (Wildman–Crippen LogP) is 0.400. The summed E-state index contributed by atoms with van der Waals surface area (Å²) in [7, 11) is 0. The molecular weight excluding hydrogens is 252 g/mol. The van der Waals surface area contributed by atoms with Crippen LogP contribution in [0.2, 0.25) is 0 Å². The summed E-state index contributed by atoms with van der Waals surface area (Å²) in [6, 6.07) is 0.878. The van der Waals surface area contributed by atoms with E-state index in [2.05, 4.69) is 22.0 Å². The van der Waals surface area contributed by atoms with Crippen LogP contribution in [-0.4, -0.2) is 67.1 Å². The van der Waals surface area contributed by atoms with Crippen molar-refractivity contribution in [3.8, 4) is 0 Å². The Kier molecular flexibility index (Phi) is 6.26. The predicted molar refractivity (Wildman–Crippen MR) is 81.5 cm³/mol. The summed E-state index contributed by atoms with van der Waals surface area (Å²) in [5.41, 5.74) is 5.70. The second-order valence-corrected chi connectivity index (χ2v) is 6.30. The lowest BCUT2D eigenvalue weighted by Gasteiger charge is -2.37. The summed E-state index contributed by atoms with van der Waals surface area (Å²) in [6.45, 7) is 7.43. The third-order valence-electron chi connectivity index (χ3n) is 4.71. The molecule has 2 fully saturated rings. The molecule has 1 aliphatic heterocycles. The summed E-state index contributed by atoms with van der Waals surface area (Å²) in [6.07, 6.45) is 6.18. The minimum atomic E-state index is 0.206. The Morgan fingerprint density at radius 1 is 1.20 bits per heavy atom. The van der Waals surface area contributed by atoms with Crippen molar-refractivity contribution in [2.45, 2.75) is 51.1 Å². The first kappa shape index (κ1) is 15.7. The summed E-state index contributed by atoms with van der Waals surface area (Å²) < 4.78 is 0. The van der Waals surface area contributed by atoms with Gasteiger partial charge in [0.25, 0.3) is 0 Å². The van der Waals surface area contributed by atoms with Crippen molar-refractivity contribution < 1.29 is 4.79 Å². The maximum absolute atomic E-state index is 12.1. The van der Waals surface area contributed by atoms with Crippen molar-refractivity contribution in [2.75, 3.05) is 39.3 Å². The van der Waals surface area contributed by atoms with Crippen molar-refractivity contribution in [2.24, 2.45) is 5.73 Å². The van der Waals surface area contributed by atoms with Crippen LogP contribution >= 0.6 is 0 Å². The van der Waals surface area contributed by atoms with E-state index in [0.29, 0.717) is 25.2 Å². The quantitative estimate of drug-likeness (QED) is 0.766. The molecule has 0 spiro atoms. The molecule has 1 saturated carbocycles. The van der Waals surface area contributed by atoms with Crippen molar-refractivity contribution in [3.05, 3.63) is 0 Å². The Morgan fingerprint density at radius 2 is 1.85 bits per heavy atom. The zero-order valence-corrected chi connectivity index (χ0v) is 12.8. The van der Waals surface area contributed by atoms with Crippen LogP contribution in [-0.2, 0) is 4.79 Å². The molecule has 116 valence electrons. The fourth-order valence-electron chi connectivity index (χ4n) is 3.23. The first-order chi connectivity index (χ1) is 9.69. The van der Waals surface area contributed by atoms with E-state index in [4.69, 9.17) is 5.73 Å². The minimum absolute atomic E-state index is 0.206. The molecule has 1 atom stereocenters. The molecule has 0 bridgehead atoms.